The molecule has 1 aromatic carbocycles. The van der Waals surface area contributed by atoms with Crippen LogP contribution in [0.1, 0.15) is 5.56 Å². The second-order valence-electron chi connectivity index (χ2n) is 2.88. The fraction of sp³-hybridized carbons (Fsp3) is 0.0909. The first kappa shape index (κ1) is 7.64. The van der Waals surface area contributed by atoms with Crippen molar-refractivity contribution in [3.8, 4) is 11.1 Å². The Kier molecular flexibility index (Phi) is 2.01. The van der Waals surface area contributed by atoms with Crippen LogP contribution in [0.25, 0.3) is 11.1 Å². The van der Waals surface area contributed by atoms with Gasteiger partial charge in [0.05, 0.1) is 0 Å². The van der Waals surface area contributed by atoms with Crippen LogP contribution < -0.4 is 0 Å². The summed E-state index contributed by atoms with van der Waals surface area (Å²) >= 11 is 0. The summed E-state index contributed by atoms with van der Waals surface area (Å²) in [4.78, 5) is 0. The van der Waals surface area contributed by atoms with Crippen LogP contribution in [-0.4, -0.2) is 0 Å². The number of rotatable bonds is 1. The predicted octanol–water partition coefficient (Wildman–Crippen LogP) is 3.49. The molecule has 1 unspecified atom stereocenters. The highest BCUT2D eigenvalue weighted by Crippen LogP contribution is 2.23. The zero-order chi connectivity index (χ0) is 8.39. The summed E-state index contributed by atoms with van der Waals surface area (Å²) in [7, 11) is 0.744. The first-order valence-corrected chi connectivity index (χ1v) is 5.06. The summed E-state index contributed by atoms with van der Waals surface area (Å²) in [6, 6.07) is 10.7. The minimum Gasteiger partial charge on any atom is -0.131 e. The number of hydrogen-bond acceptors (Lipinski definition) is 0. The highest BCUT2D eigenvalue weighted by molar-refractivity contribution is 7.28. The number of benzene rings is 1. The maximum atomic E-state index is 3.33. The summed E-state index contributed by atoms with van der Waals surface area (Å²) in [5, 5.41) is 0. The highest BCUT2D eigenvalue weighted by atomic mass is 31.0. The number of aryl methyl sites for hydroxylation is 1. The zero-order valence-electron chi connectivity index (χ0n) is 6.96. The molecule has 1 radical (unpaired) electrons. The van der Waals surface area contributed by atoms with Crippen molar-refractivity contribution < 1.29 is 0 Å². The van der Waals surface area contributed by atoms with Crippen LogP contribution in [0.3, 0.4) is 0 Å². The first-order chi connectivity index (χ1) is 5.86. The standard InChI is InChI=1S/C11H10P/c1-9-2-4-10(5-3-9)11-6-7-12-8-11/h2-7,12H,1H3. The van der Waals surface area contributed by atoms with Crippen LogP contribution in [0.5, 0.6) is 0 Å². The molecule has 2 rings (SSSR count). The van der Waals surface area contributed by atoms with Gasteiger partial charge >= 0.3 is 0 Å². The third kappa shape index (κ3) is 1.44. The van der Waals surface area contributed by atoms with Crippen molar-refractivity contribution in [1.29, 1.82) is 0 Å². The van der Waals surface area contributed by atoms with Gasteiger partial charge in [0.2, 0.25) is 0 Å². The molecule has 0 aliphatic heterocycles. The Labute approximate surface area is 74.3 Å². The SMILES string of the molecule is Cc1ccc(-c2[c][pH]cc2)cc1. The Morgan fingerprint density at radius 2 is 1.83 bits per heavy atom. The molecular formula is C11H10P. The summed E-state index contributed by atoms with van der Waals surface area (Å²) in [6.07, 6.45) is 0. The lowest BCUT2D eigenvalue weighted by atomic mass is 10.1. The van der Waals surface area contributed by atoms with Crippen LogP contribution in [0.15, 0.2) is 36.1 Å². The smallest absolute Gasteiger partial charge is 0.0103 e. The minimum absolute atomic E-state index is 0.744. The summed E-state index contributed by atoms with van der Waals surface area (Å²) in [5.41, 5.74) is 3.83. The molecule has 1 aromatic heterocycles. The van der Waals surface area contributed by atoms with E-state index < -0.39 is 0 Å². The average Bonchev–Trinajstić information content (AvgIpc) is 2.58. The van der Waals surface area contributed by atoms with Gasteiger partial charge in [-0.25, -0.2) is 0 Å². The van der Waals surface area contributed by atoms with Crippen molar-refractivity contribution in [2.24, 2.45) is 0 Å². The van der Waals surface area contributed by atoms with Gasteiger partial charge in [0.1, 0.15) is 0 Å². The van der Waals surface area contributed by atoms with E-state index >= 15 is 0 Å². The molecule has 0 spiro atoms. The second kappa shape index (κ2) is 3.16. The lowest BCUT2D eigenvalue weighted by molar-refractivity contribution is 1.47. The van der Waals surface area contributed by atoms with Crippen molar-refractivity contribution in [3.63, 3.8) is 0 Å². The van der Waals surface area contributed by atoms with Gasteiger partial charge in [0.25, 0.3) is 0 Å². The van der Waals surface area contributed by atoms with Crippen molar-refractivity contribution in [1.82, 2.24) is 0 Å². The van der Waals surface area contributed by atoms with Crippen molar-refractivity contribution in [2.45, 2.75) is 6.92 Å². The molecule has 0 aliphatic rings. The van der Waals surface area contributed by atoms with Crippen molar-refractivity contribution in [3.05, 3.63) is 47.5 Å². The summed E-state index contributed by atoms with van der Waals surface area (Å²) < 4.78 is 0. The van der Waals surface area contributed by atoms with Gasteiger partial charge in [-0.05, 0) is 29.9 Å². The van der Waals surface area contributed by atoms with Crippen molar-refractivity contribution in [2.75, 3.05) is 0 Å². The van der Waals surface area contributed by atoms with Crippen LogP contribution >= 0.6 is 8.19 Å². The quantitative estimate of drug-likeness (QED) is 0.619. The Bertz CT molecular complexity index is 343. The van der Waals surface area contributed by atoms with E-state index in [0.717, 1.165) is 8.19 Å². The van der Waals surface area contributed by atoms with E-state index in [4.69, 9.17) is 0 Å². The van der Waals surface area contributed by atoms with Gasteiger partial charge in [-0.15, -0.1) is 8.19 Å². The van der Waals surface area contributed by atoms with Crippen LogP contribution in [-0.2, 0) is 0 Å². The molecule has 0 fully saturated rings. The van der Waals surface area contributed by atoms with Gasteiger partial charge < -0.3 is 0 Å². The van der Waals surface area contributed by atoms with Crippen LogP contribution in [0.2, 0.25) is 0 Å². The van der Waals surface area contributed by atoms with Gasteiger partial charge in [0.15, 0.2) is 0 Å². The maximum absolute atomic E-state index is 3.33. The van der Waals surface area contributed by atoms with Crippen LogP contribution in [0, 0.1) is 12.7 Å². The maximum Gasteiger partial charge on any atom is 0.0103 e. The molecule has 1 heteroatoms. The molecule has 1 heterocycles. The molecule has 0 amide bonds. The fourth-order valence-electron chi connectivity index (χ4n) is 1.19. The third-order valence-electron chi connectivity index (χ3n) is 1.90. The zero-order valence-corrected chi connectivity index (χ0v) is 7.96. The average molecular weight is 173 g/mol. The van der Waals surface area contributed by atoms with E-state index in [1.807, 2.05) is 0 Å². The molecule has 0 saturated heterocycles. The van der Waals surface area contributed by atoms with Crippen LogP contribution in [0.4, 0.5) is 0 Å². The second-order valence-corrected chi connectivity index (χ2v) is 3.75. The molecule has 0 N–H and O–H groups in total. The Hall–Kier alpha value is -1.00. The molecule has 0 aliphatic carbocycles. The van der Waals surface area contributed by atoms with E-state index in [-0.39, 0.29) is 0 Å². The van der Waals surface area contributed by atoms with Gasteiger partial charge in [0, 0.05) is 5.80 Å². The van der Waals surface area contributed by atoms with E-state index in [2.05, 4.69) is 48.9 Å². The Morgan fingerprint density at radius 3 is 2.42 bits per heavy atom. The molecule has 0 saturated carbocycles. The fourth-order valence-corrected chi connectivity index (χ4v) is 1.90. The van der Waals surface area contributed by atoms with Crippen molar-refractivity contribution >= 4 is 8.19 Å². The van der Waals surface area contributed by atoms with Gasteiger partial charge in [-0.1, -0.05) is 29.8 Å². The number of hydrogen-bond donors (Lipinski definition) is 0. The van der Waals surface area contributed by atoms with E-state index in [9.17, 15) is 0 Å². The minimum atomic E-state index is 0.744. The molecule has 0 bridgehead atoms. The monoisotopic (exact) mass is 173 g/mol. The van der Waals surface area contributed by atoms with E-state index in [1.165, 1.54) is 16.7 Å². The summed E-state index contributed by atoms with van der Waals surface area (Å²) in [6.45, 7) is 2.11. The molecule has 1 atom stereocenters. The highest BCUT2D eigenvalue weighted by Gasteiger charge is 1.95. The largest absolute Gasteiger partial charge is 0.131 e. The lowest BCUT2D eigenvalue weighted by Crippen LogP contribution is -1.73. The van der Waals surface area contributed by atoms with Gasteiger partial charge in [-0.2, -0.15) is 0 Å². The topological polar surface area (TPSA) is 0 Å². The summed E-state index contributed by atoms with van der Waals surface area (Å²) in [5.74, 6) is 5.49. The lowest BCUT2D eigenvalue weighted by Gasteiger charge is -1.97. The molecule has 12 heavy (non-hydrogen) atoms. The molecule has 59 valence electrons. The van der Waals surface area contributed by atoms with E-state index in [1.54, 1.807) is 0 Å². The Morgan fingerprint density at radius 1 is 1.08 bits per heavy atom. The molecule has 2 aromatic rings. The van der Waals surface area contributed by atoms with Gasteiger partial charge in [-0.3, -0.25) is 0 Å². The third-order valence-corrected chi connectivity index (χ3v) is 2.65. The molecule has 0 nitrogen and oxygen atoms in total. The van der Waals surface area contributed by atoms with E-state index in [0.29, 0.717) is 0 Å². The molecular weight excluding hydrogens is 163 g/mol. The Balaban J connectivity index is 2.43. The normalized spacial score (nSPS) is 10.8. The predicted molar refractivity (Wildman–Crippen MR) is 55.0 cm³/mol. The first-order valence-electron chi connectivity index (χ1n) is 3.98.